The van der Waals surface area contributed by atoms with Gasteiger partial charge in [0, 0.05) is 22.2 Å². The van der Waals surface area contributed by atoms with Crippen LogP contribution in [0, 0.1) is 0 Å². The molecule has 0 spiro atoms. The highest BCUT2D eigenvalue weighted by molar-refractivity contribution is 7.12. The molecule has 0 amide bonds. The van der Waals surface area contributed by atoms with Crippen LogP contribution < -0.4 is 27.6 Å². The molecule has 4 N–H and O–H groups in total. The van der Waals surface area contributed by atoms with Gasteiger partial charge in [0.2, 0.25) is 0 Å². The molecule has 3 unspecified atom stereocenters. The van der Waals surface area contributed by atoms with Crippen LogP contribution in [0.3, 0.4) is 0 Å². The van der Waals surface area contributed by atoms with Crippen molar-refractivity contribution in [2.75, 3.05) is 0 Å². The Balaban J connectivity index is 1.76. The van der Waals surface area contributed by atoms with Crippen molar-refractivity contribution in [1.82, 2.24) is 9.55 Å². The Morgan fingerprint density at radius 2 is 2.03 bits per heavy atom. The third kappa shape index (κ3) is 2.66. The van der Waals surface area contributed by atoms with Gasteiger partial charge in [-0.15, -0.1) is 11.3 Å². The van der Waals surface area contributed by atoms with Crippen molar-refractivity contribution in [1.29, 1.82) is 0 Å². The van der Waals surface area contributed by atoms with Crippen LogP contribution in [-0.4, -0.2) is 26.8 Å². The first-order chi connectivity index (χ1) is 14.1. The first-order valence-electron chi connectivity index (χ1n) is 9.80. The Hall–Kier alpha value is -2.33. The van der Waals surface area contributed by atoms with Gasteiger partial charge < -0.3 is 10.8 Å². The second-order valence-corrected chi connectivity index (χ2v) is 9.47. The lowest BCUT2D eigenvalue weighted by molar-refractivity contribution is -0.0392. The number of nitrogens with zero attached hydrogens (tertiary/aromatic N) is 1. The smallest absolute Gasteiger partial charge is 0.329 e. The first kappa shape index (κ1) is 19.6. The number of halogens is 3. The van der Waals surface area contributed by atoms with E-state index in [-0.39, 0.29) is 29.5 Å². The summed E-state index contributed by atoms with van der Waals surface area (Å²) in [7, 11) is 0. The molecule has 30 heavy (non-hydrogen) atoms. The number of H-pyrrole nitrogens is 1. The van der Waals surface area contributed by atoms with E-state index in [1.54, 1.807) is 6.92 Å². The highest BCUT2D eigenvalue weighted by Gasteiger charge is 2.44. The fourth-order valence-corrected chi connectivity index (χ4v) is 6.02. The minimum absolute atomic E-state index is 0.119. The molecule has 3 atom stereocenters. The summed E-state index contributed by atoms with van der Waals surface area (Å²) in [4.78, 5) is 28.1. The number of alkyl halides is 3. The molecule has 6 nitrogen and oxygen atoms in total. The van der Waals surface area contributed by atoms with Crippen molar-refractivity contribution in [3.8, 4) is 0 Å². The topological polar surface area (TPSA) is 101 Å². The lowest BCUT2D eigenvalue weighted by Crippen LogP contribution is -2.58. The average Bonchev–Trinajstić information content (AvgIpc) is 3.41. The molecular formula is C20H20F3N3O3S. The number of aliphatic hydroxyl groups excluding tert-OH is 1. The van der Waals surface area contributed by atoms with E-state index in [1.807, 2.05) is 0 Å². The maximum absolute atomic E-state index is 15.4. The maximum atomic E-state index is 15.4. The molecule has 0 saturated heterocycles. The summed E-state index contributed by atoms with van der Waals surface area (Å²) in [5.74, 6) is -4.76. The van der Waals surface area contributed by atoms with Gasteiger partial charge >= 0.3 is 5.69 Å². The standard InChI is InChI=1S/C20H20F3N3O3S/c1-7-12(11-6-9-10(30-11)4-5-20(22,23)17(9)24)14(21)16(27)13-15(7)26(8-2-3-8)19(29)25-18(13)28/h6,8,12,14,17,27H,2-5,24H2,1H3,(H,25,28,29). The summed E-state index contributed by atoms with van der Waals surface area (Å²) < 4.78 is 44.9. The molecule has 1 fully saturated rings. The molecule has 0 bridgehead atoms. The average molecular weight is 439 g/mol. The van der Waals surface area contributed by atoms with Crippen LogP contribution in [0.5, 0.6) is 0 Å². The van der Waals surface area contributed by atoms with E-state index in [4.69, 9.17) is 5.73 Å². The van der Waals surface area contributed by atoms with Crippen LogP contribution in [-0.2, 0) is 6.42 Å². The molecule has 1 saturated carbocycles. The van der Waals surface area contributed by atoms with E-state index in [1.165, 1.54) is 22.0 Å². The molecule has 3 aliphatic carbocycles. The van der Waals surface area contributed by atoms with E-state index in [2.05, 4.69) is 4.98 Å². The van der Waals surface area contributed by atoms with Gasteiger partial charge in [-0.2, -0.15) is 0 Å². The highest BCUT2D eigenvalue weighted by Crippen LogP contribution is 2.47. The summed E-state index contributed by atoms with van der Waals surface area (Å²) in [5.41, 5.74) is 5.04. The van der Waals surface area contributed by atoms with Crippen LogP contribution in [0.15, 0.2) is 15.7 Å². The van der Waals surface area contributed by atoms with Crippen LogP contribution >= 0.6 is 11.3 Å². The SMILES string of the molecule is CC1=c2c(c(=O)[nH]c(=O)n2C2CC2)=C(O)C(F)C1c1cc2c(s1)CCC(F)(F)C2N. The molecule has 10 heteroatoms. The van der Waals surface area contributed by atoms with Crippen LogP contribution in [0.1, 0.15) is 59.5 Å². The molecule has 0 aliphatic heterocycles. The summed E-state index contributed by atoms with van der Waals surface area (Å²) in [6.07, 6.45) is -0.673. The predicted molar refractivity (Wildman–Crippen MR) is 106 cm³/mol. The van der Waals surface area contributed by atoms with Gasteiger partial charge in [-0.05, 0) is 43.4 Å². The number of aryl methyl sites for hydroxylation is 1. The van der Waals surface area contributed by atoms with Crippen molar-refractivity contribution in [3.05, 3.63) is 52.8 Å². The fraction of sp³-hybridized carbons (Fsp3) is 0.500. The number of hydrogen-bond acceptors (Lipinski definition) is 5. The van der Waals surface area contributed by atoms with Crippen LogP contribution in [0.2, 0.25) is 0 Å². The molecule has 0 radical (unpaired) electrons. The molecule has 3 aliphatic rings. The zero-order chi connectivity index (χ0) is 21.5. The van der Waals surface area contributed by atoms with Crippen LogP contribution in [0.4, 0.5) is 13.2 Å². The number of hydrogen-bond donors (Lipinski definition) is 3. The summed E-state index contributed by atoms with van der Waals surface area (Å²) in [5, 5.41) is 10.6. The van der Waals surface area contributed by atoms with E-state index in [0.717, 1.165) is 12.8 Å². The van der Waals surface area contributed by atoms with Gasteiger partial charge in [0.15, 0.2) is 6.17 Å². The summed E-state index contributed by atoms with van der Waals surface area (Å²) in [6, 6.07) is -0.0966. The zero-order valence-electron chi connectivity index (χ0n) is 16.0. The molecule has 2 aromatic heterocycles. The van der Waals surface area contributed by atoms with E-state index in [9.17, 15) is 23.5 Å². The van der Waals surface area contributed by atoms with Gasteiger partial charge in [-0.1, -0.05) is 0 Å². The molecular weight excluding hydrogens is 419 g/mol. The van der Waals surface area contributed by atoms with Gasteiger partial charge in [0.25, 0.3) is 11.5 Å². The Morgan fingerprint density at radius 1 is 1.33 bits per heavy atom. The Labute approximate surface area is 172 Å². The number of nitrogens with one attached hydrogen (secondary N) is 1. The second-order valence-electron chi connectivity index (χ2n) is 8.30. The number of aromatic amines is 1. The number of fused-ring (bicyclic) bond motifs is 2. The fourth-order valence-electron chi connectivity index (χ4n) is 4.61. The second kappa shape index (κ2) is 6.34. The van der Waals surface area contributed by atoms with Gasteiger partial charge in [-0.25, -0.2) is 18.0 Å². The lowest BCUT2D eigenvalue weighted by atomic mass is 9.85. The summed E-state index contributed by atoms with van der Waals surface area (Å²) >= 11 is 1.20. The van der Waals surface area contributed by atoms with Gasteiger partial charge in [0.05, 0.1) is 17.3 Å². The number of nitrogens with two attached hydrogens (primary N) is 1. The predicted octanol–water partition coefficient (Wildman–Crippen LogP) is 1.49. The number of aromatic nitrogens is 2. The van der Waals surface area contributed by atoms with E-state index >= 15 is 4.39 Å². The zero-order valence-corrected chi connectivity index (χ0v) is 16.9. The number of thiophene rings is 1. The third-order valence-corrected chi connectivity index (χ3v) is 7.64. The summed E-state index contributed by atoms with van der Waals surface area (Å²) in [6.45, 7) is 1.62. The molecule has 5 rings (SSSR count). The van der Waals surface area contributed by atoms with Gasteiger partial charge in [-0.3, -0.25) is 14.3 Å². The van der Waals surface area contributed by atoms with Crippen molar-refractivity contribution in [2.24, 2.45) is 5.73 Å². The first-order valence-corrected chi connectivity index (χ1v) is 10.6. The van der Waals surface area contributed by atoms with Crippen molar-refractivity contribution < 1.29 is 18.3 Å². The minimum Gasteiger partial charge on any atom is -0.508 e. The molecule has 0 aromatic carbocycles. The molecule has 2 heterocycles. The van der Waals surface area contributed by atoms with Crippen LogP contribution in [0.25, 0.3) is 11.3 Å². The van der Waals surface area contributed by atoms with Crippen molar-refractivity contribution in [3.63, 3.8) is 0 Å². The molecule has 2 aromatic rings. The van der Waals surface area contributed by atoms with E-state index < -0.39 is 41.1 Å². The number of rotatable bonds is 2. The van der Waals surface area contributed by atoms with Crippen molar-refractivity contribution >= 4 is 22.7 Å². The van der Waals surface area contributed by atoms with Crippen molar-refractivity contribution in [2.45, 2.75) is 62.7 Å². The third-order valence-electron chi connectivity index (χ3n) is 6.35. The monoisotopic (exact) mass is 439 g/mol. The molecule has 160 valence electrons. The maximum Gasteiger partial charge on any atom is 0.329 e. The Morgan fingerprint density at radius 3 is 2.70 bits per heavy atom. The van der Waals surface area contributed by atoms with E-state index in [0.29, 0.717) is 20.9 Å². The number of aliphatic hydroxyl groups is 1. The highest BCUT2D eigenvalue weighted by atomic mass is 32.1. The Bertz CT molecular complexity index is 1310. The largest absolute Gasteiger partial charge is 0.508 e. The van der Waals surface area contributed by atoms with Gasteiger partial charge in [0.1, 0.15) is 11.0 Å². The lowest BCUT2D eigenvalue weighted by Gasteiger charge is -2.28. The minimum atomic E-state index is -3.04. The Kier molecular flexibility index (Phi) is 4.14. The quantitative estimate of drug-likeness (QED) is 0.660. The normalized spacial score (nSPS) is 27.7.